The third-order valence-electron chi connectivity index (χ3n) is 2.27. The predicted octanol–water partition coefficient (Wildman–Crippen LogP) is 1.64. The van der Waals surface area contributed by atoms with Gasteiger partial charge in [-0.1, -0.05) is 0 Å². The van der Waals surface area contributed by atoms with Gasteiger partial charge in [0.25, 0.3) is 5.91 Å². The lowest BCUT2D eigenvalue weighted by molar-refractivity contribution is -0.140. The van der Waals surface area contributed by atoms with Crippen molar-refractivity contribution >= 4 is 11.9 Å². The van der Waals surface area contributed by atoms with E-state index < -0.39 is 30.6 Å². The molecule has 0 aliphatic heterocycles. The fourth-order valence-electron chi connectivity index (χ4n) is 1.56. The van der Waals surface area contributed by atoms with Crippen LogP contribution in [-0.2, 0) is 11.3 Å². The van der Waals surface area contributed by atoms with Crippen LogP contribution in [0, 0.1) is 0 Å². The number of hydrogen-bond donors (Lipinski definition) is 2. The van der Waals surface area contributed by atoms with Gasteiger partial charge in [0, 0.05) is 12.2 Å². The van der Waals surface area contributed by atoms with Gasteiger partial charge >= 0.3 is 12.1 Å². The highest BCUT2D eigenvalue weighted by atomic mass is 19.4. The van der Waals surface area contributed by atoms with E-state index in [9.17, 15) is 22.8 Å². The number of nitrogens with one attached hydrogen (secondary N) is 1. The predicted molar refractivity (Wildman–Crippen MR) is 59.7 cm³/mol. The van der Waals surface area contributed by atoms with Gasteiger partial charge in [0.15, 0.2) is 0 Å². The number of carbonyl (C=O) groups excluding carboxylic acids is 1. The van der Waals surface area contributed by atoms with Gasteiger partial charge in [0.1, 0.15) is 12.2 Å². The van der Waals surface area contributed by atoms with E-state index in [0.29, 0.717) is 0 Å². The van der Waals surface area contributed by atoms with Gasteiger partial charge in [0.05, 0.1) is 6.42 Å². The third kappa shape index (κ3) is 5.02. The quantitative estimate of drug-likeness (QED) is 0.860. The number of nitrogens with zero attached hydrogens (tertiary/aromatic N) is 1. The normalized spacial score (nSPS) is 13.1. The first-order valence-electron chi connectivity index (χ1n) is 5.43. The van der Waals surface area contributed by atoms with Gasteiger partial charge in [-0.25, -0.2) is 0 Å². The summed E-state index contributed by atoms with van der Waals surface area (Å²) < 4.78 is 37.6. The Kier molecular flexibility index (Phi) is 4.57. The van der Waals surface area contributed by atoms with Crippen LogP contribution < -0.4 is 5.32 Å². The summed E-state index contributed by atoms with van der Waals surface area (Å²) in [6.07, 6.45) is -3.59. The number of carboxylic acid groups (broad SMARTS) is 1. The van der Waals surface area contributed by atoms with Crippen LogP contribution in [-0.4, -0.2) is 33.8 Å². The van der Waals surface area contributed by atoms with Gasteiger partial charge in [-0.05, 0) is 19.1 Å². The zero-order chi connectivity index (χ0) is 14.6. The van der Waals surface area contributed by atoms with Crippen molar-refractivity contribution in [1.82, 2.24) is 9.88 Å². The molecule has 0 aliphatic carbocycles. The zero-order valence-electron chi connectivity index (χ0n) is 10.1. The SMILES string of the molecule is CC(CC(=O)O)NC(=O)c1cccn1CC(F)(F)F. The smallest absolute Gasteiger partial charge is 0.406 e. The highest BCUT2D eigenvalue weighted by molar-refractivity contribution is 5.93. The number of aliphatic carboxylic acids is 1. The molecule has 106 valence electrons. The molecule has 1 aromatic rings. The Bertz CT molecular complexity index is 468. The summed E-state index contributed by atoms with van der Waals surface area (Å²) in [5.41, 5.74) is -0.158. The van der Waals surface area contributed by atoms with Crippen molar-refractivity contribution in [2.24, 2.45) is 0 Å². The summed E-state index contributed by atoms with van der Waals surface area (Å²) in [5, 5.41) is 10.9. The van der Waals surface area contributed by atoms with Gasteiger partial charge in [0.2, 0.25) is 0 Å². The van der Waals surface area contributed by atoms with Crippen LogP contribution in [0.4, 0.5) is 13.2 Å². The second-order valence-electron chi connectivity index (χ2n) is 4.11. The first kappa shape index (κ1) is 15.1. The number of rotatable bonds is 5. The van der Waals surface area contributed by atoms with Gasteiger partial charge in [-0.2, -0.15) is 13.2 Å². The maximum atomic E-state index is 12.3. The lowest BCUT2D eigenvalue weighted by atomic mass is 10.2. The highest BCUT2D eigenvalue weighted by Crippen LogP contribution is 2.19. The number of halogens is 3. The molecule has 19 heavy (non-hydrogen) atoms. The fourth-order valence-corrected chi connectivity index (χ4v) is 1.56. The molecule has 5 nitrogen and oxygen atoms in total. The number of alkyl halides is 3. The Morgan fingerprint density at radius 3 is 2.63 bits per heavy atom. The largest absolute Gasteiger partial charge is 0.481 e. The molecule has 1 amide bonds. The average molecular weight is 278 g/mol. The molecule has 0 bridgehead atoms. The van der Waals surface area contributed by atoms with E-state index in [4.69, 9.17) is 5.11 Å². The minimum absolute atomic E-state index is 0.158. The Hall–Kier alpha value is -1.99. The standard InChI is InChI=1S/C11H13F3N2O3/c1-7(5-9(17)18)15-10(19)8-3-2-4-16(8)6-11(12,13)14/h2-4,7H,5-6H2,1H3,(H,15,19)(H,17,18). The van der Waals surface area contributed by atoms with E-state index in [2.05, 4.69) is 5.32 Å². The summed E-state index contributed by atoms with van der Waals surface area (Å²) in [7, 11) is 0. The monoisotopic (exact) mass is 278 g/mol. The fraction of sp³-hybridized carbons (Fsp3) is 0.455. The second kappa shape index (κ2) is 5.77. The molecule has 1 atom stereocenters. The molecule has 0 aliphatic rings. The van der Waals surface area contributed by atoms with Gasteiger partial charge in [-0.15, -0.1) is 0 Å². The third-order valence-corrected chi connectivity index (χ3v) is 2.27. The highest BCUT2D eigenvalue weighted by Gasteiger charge is 2.29. The van der Waals surface area contributed by atoms with E-state index in [-0.39, 0.29) is 12.1 Å². The number of carboxylic acids is 1. The molecule has 0 aromatic carbocycles. The maximum Gasteiger partial charge on any atom is 0.406 e. The topological polar surface area (TPSA) is 71.3 Å². The van der Waals surface area contributed by atoms with Crippen molar-refractivity contribution in [3.63, 3.8) is 0 Å². The van der Waals surface area contributed by atoms with Gasteiger partial charge in [-0.3, -0.25) is 9.59 Å². The van der Waals surface area contributed by atoms with Crippen molar-refractivity contribution in [2.45, 2.75) is 32.1 Å². The lowest BCUT2D eigenvalue weighted by Crippen LogP contribution is -2.36. The van der Waals surface area contributed by atoms with Gasteiger partial charge < -0.3 is 15.0 Å². The average Bonchev–Trinajstić information content (AvgIpc) is 2.61. The molecule has 0 saturated heterocycles. The van der Waals surface area contributed by atoms with Crippen LogP contribution >= 0.6 is 0 Å². The zero-order valence-corrected chi connectivity index (χ0v) is 10.1. The van der Waals surface area contributed by atoms with Crippen LogP contribution in [0.3, 0.4) is 0 Å². The van der Waals surface area contributed by atoms with E-state index in [1.807, 2.05) is 0 Å². The van der Waals surface area contributed by atoms with Crippen molar-refractivity contribution in [3.8, 4) is 0 Å². The Labute approximate surface area is 107 Å². The van der Waals surface area contributed by atoms with Crippen molar-refractivity contribution in [1.29, 1.82) is 0 Å². The molecule has 8 heteroatoms. The Balaban J connectivity index is 2.72. The van der Waals surface area contributed by atoms with Crippen LogP contribution in [0.5, 0.6) is 0 Å². The van der Waals surface area contributed by atoms with Crippen molar-refractivity contribution in [3.05, 3.63) is 24.0 Å². The summed E-state index contributed by atoms with van der Waals surface area (Å²) in [6, 6.07) is 1.90. The lowest BCUT2D eigenvalue weighted by Gasteiger charge is -2.14. The van der Waals surface area contributed by atoms with Crippen LogP contribution in [0.1, 0.15) is 23.8 Å². The molecule has 1 aromatic heterocycles. The molecular formula is C11H13F3N2O3. The van der Waals surface area contributed by atoms with Crippen LogP contribution in [0.2, 0.25) is 0 Å². The van der Waals surface area contributed by atoms with Crippen LogP contribution in [0.25, 0.3) is 0 Å². The number of carbonyl (C=O) groups is 2. The van der Waals surface area contributed by atoms with E-state index in [0.717, 1.165) is 10.8 Å². The van der Waals surface area contributed by atoms with Crippen molar-refractivity contribution < 1.29 is 27.9 Å². The first-order chi connectivity index (χ1) is 8.69. The summed E-state index contributed by atoms with van der Waals surface area (Å²) >= 11 is 0. The molecule has 0 radical (unpaired) electrons. The molecule has 1 heterocycles. The molecule has 1 rings (SSSR count). The van der Waals surface area contributed by atoms with E-state index in [1.54, 1.807) is 0 Å². The Morgan fingerprint density at radius 2 is 2.11 bits per heavy atom. The number of aromatic nitrogens is 1. The minimum Gasteiger partial charge on any atom is -0.481 e. The first-order valence-corrected chi connectivity index (χ1v) is 5.43. The Morgan fingerprint density at radius 1 is 1.47 bits per heavy atom. The molecule has 2 N–H and O–H groups in total. The maximum absolute atomic E-state index is 12.3. The second-order valence-corrected chi connectivity index (χ2v) is 4.11. The minimum atomic E-state index is -4.43. The molecular weight excluding hydrogens is 265 g/mol. The number of amides is 1. The summed E-state index contributed by atoms with van der Waals surface area (Å²) in [6.45, 7) is 0.194. The van der Waals surface area contributed by atoms with E-state index in [1.165, 1.54) is 19.1 Å². The molecule has 0 saturated carbocycles. The van der Waals surface area contributed by atoms with Crippen molar-refractivity contribution in [2.75, 3.05) is 0 Å². The molecule has 0 spiro atoms. The van der Waals surface area contributed by atoms with Crippen LogP contribution in [0.15, 0.2) is 18.3 Å². The molecule has 0 fully saturated rings. The summed E-state index contributed by atoms with van der Waals surface area (Å²) in [4.78, 5) is 22.1. The number of hydrogen-bond acceptors (Lipinski definition) is 2. The summed E-state index contributed by atoms with van der Waals surface area (Å²) in [5.74, 6) is -1.83. The van der Waals surface area contributed by atoms with E-state index >= 15 is 0 Å². The molecule has 1 unspecified atom stereocenters.